The first-order valence-corrected chi connectivity index (χ1v) is 17.0. The van der Waals surface area contributed by atoms with Gasteiger partial charge >= 0.3 is 0 Å². The molecule has 4 rings (SSSR count). The molecule has 0 radical (unpaired) electrons. The van der Waals surface area contributed by atoms with E-state index in [2.05, 4.69) is 5.32 Å². The van der Waals surface area contributed by atoms with Crippen LogP contribution in [0.4, 0.5) is 5.69 Å². The standard InChI is InChI=1S/C35H37Cl2N3O5S/c1-25(2)22-38-35(42)33(19-26-11-6-4-7-12-26)39(23-27-17-18-28(36)20-32(27)37)34(41)24-40(29-13-10-14-30(21-29)45-3)46(43,44)31-15-8-5-9-16-31/h4-18,20-21,25,33H,19,22-24H2,1-3H3,(H,38,42)/t33-/m1/s1. The minimum Gasteiger partial charge on any atom is -0.497 e. The number of halogens is 2. The molecule has 4 aromatic rings. The van der Waals surface area contributed by atoms with E-state index in [4.69, 9.17) is 27.9 Å². The number of benzene rings is 4. The van der Waals surface area contributed by atoms with Gasteiger partial charge in [-0.3, -0.25) is 13.9 Å². The summed E-state index contributed by atoms with van der Waals surface area (Å²) in [5.41, 5.74) is 1.60. The monoisotopic (exact) mass is 681 g/mol. The fraction of sp³-hybridized carbons (Fsp3) is 0.257. The third-order valence-corrected chi connectivity index (χ3v) is 9.64. The van der Waals surface area contributed by atoms with Gasteiger partial charge in [-0.05, 0) is 53.4 Å². The maximum Gasteiger partial charge on any atom is 0.264 e. The van der Waals surface area contributed by atoms with Crippen molar-refractivity contribution in [3.05, 3.63) is 124 Å². The van der Waals surface area contributed by atoms with Crippen molar-refractivity contribution in [1.29, 1.82) is 0 Å². The van der Waals surface area contributed by atoms with E-state index in [-0.39, 0.29) is 35.4 Å². The average Bonchev–Trinajstić information content (AvgIpc) is 3.05. The Hall–Kier alpha value is -4.05. The van der Waals surface area contributed by atoms with E-state index in [1.165, 1.54) is 24.1 Å². The maximum atomic E-state index is 14.6. The fourth-order valence-electron chi connectivity index (χ4n) is 4.82. The molecule has 0 heterocycles. The molecule has 0 aliphatic carbocycles. The van der Waals surface area contributed by atoms with E-state index in [0.29, 0.717) is 27.9 Å². The van der Waals surface area contributed by atoms with Gasteiger partial charge in [-0.25, -0.2) is 8.42 Å². The molecular weight excluding hydrogens is 645 g/mol. The van der Waals surface area contributed by atoms with Gasteiger partial charge in [-0.15, -0.1) is 0 Å². The summed E-state index contributed by atoms with van der Waals surface area (Å²) >= 11 is 12.7. The Bertz CT molecular complexity index is 1740. The molecule has 8 nitrogen and oxygen atoms in total. The van der Waals surface area contributed by atoms with Gasteiger partial charge in [-0.1, -0.05) is 97.7 Å². The summed E-state index contributed by atoms with van der Waals surface area (Å²) in [5, 5.41) is 3.70. The number of nitrogens with one attached hydrogen (secondary N) is 1. The third-order valence-electron chi connectivity index (χ3n) is 7.26. The van der Waals surface area contributed by atoms with Crippen molar-refractivity contribution in [2.75, 3.05) is 24.5 Å². The number of carbonyl (C=O) groups is 2. The molecule has 0 saturated heterocycles. The Morgan fingerprint density at radius 3 is 2.17 bits per heavy atom. The van der Waals surface area contributed by atoms with Gasteiger partial charge in [0, 0.05) is 35.6 Å². The van der Waals surface area contributed by atoms with Crippen LogP contribution >= 0.6 is 23.2 Å². The van der Waals surface area contributed by atoms with Crippen LogP contribution in [0.15, 0.2) is 108 Å². The number of sulfonamides is 1. The lowest BCUT2D eigenvalue weighted by molar-refractivity contribution is -0.140. The van der Waals surface area contributed by atoms with Crippen LogP contribution in [-0.4, -0.2) is 51.4 Å². The van der Waals surface area contributed by atoms with Crippen LogP contribution in [0.2, 0.25) is 10.0 Å². The molecule has 0 saturated carbocycles. The lowest BCUT2D eigenvalue weighted by atomic mass is 10.0. The highest BCUT2D eigenvalue weighted by Crippen LogP contribution is 2.29. The van der Waals surface area contributed by atoms with Crippen molar-refractivity contribution < 1.29 is 22.7 Å². The number of hydrogen-bond donors (Lipinski definition) is 1. The smallest absolute Gasteiger partial charge is 0.264 e. The summed E-state index contributed by atoms with van der Waals surface area (Å²) in [6, 6.07) is 27.6. The Morgan fingerprint density at radius 2 is 1.54 bits per heavy atom. The Labute approximate surface area is 280 Å². The number of carbonyl (C=O) groups excluding carboxylic acids is 2. The minimum absolute atomic E-state index is 0.00780. The van der Waals surface area contributed by atoms with Crippen LogP contribution in [-0.2, 0) is 32.6 Å². The SMILES string of the molecule is COc1cccc(N(CC(=O)N(Cc2ccc(Cl)cc2Cl)[C@H](Cc2ccccc2)C(=O)NCC(C)C)S(=O)(=O)c2ccccc2)c1. The predicted molar refractivity (Wildman–Crippen MR) is 183 cm³/mol. The van der Waals surface area contributed by atoms with Gasteiger partial charge in [0.05, 0.1) is 17.7 Å². The Morgan fingerprint density at radius 1 is 0.870 bits per heavy atom. The molecule has 0 aromatic heterocycles. The summed E-state index contributed by atoms with van der Waals surface area (Å²) in [6.45, 7) is 3.68. The summed E-state index contributed by atoms with van der Waals surface area (Å²) < 4.78 is 34.6. The molecule has 0 aliphatic heterocycles. The van der Waals surface area contributed by atoms with Crippen LogP contribution in [0.3, 0.4) is 0 Å². The Kier molecular flexibility index (Phi) is 12.1. The quantitative estimate of drug-likeness (QED) is 0.162. The van der Waals surface area contributed by atoms with Crippen LogP contribution in [0.25, 0.3) is 0 Å². The van der Waals surface area contributed by atoms with Crippen molar-refractivity contribution in [2.45, 2.75) is 37.8 Å². The van der Waals surface area contributed by atoms with Crippen molar-refractivity contribution in [3.8, 4) is 5.75 Å². The van der Waals surface area contributed by atoms with E-state index in [9.17, 15) is 18.0 Å². The first kappa shape index (κ1) is 34.8. The first-order chi connectivity index (χ1) is 22.0. The third kappa shape index (κ3) is 9.02. The van der Waals surface area contributed by atoms with Crippen molar-refractivity contribution in [3.63, 3.8) is 0 Å². The number of ether oxygens (including phenoxy) is 1. The molecule has 2 amide bonds. The number of anilines is 1. The lowest BCUT2D eigenvalue weighted by Gasteiger charge is -2.34. The highest BCUT2D eigenvalue weighted by molar-refractivity contribution is 7.92. The number of methoxy groups -OCH3 is 1. The van der Waals surface area contributed by atoms with Gasteiger partial charge in [0.15, 0.2) is 0 Å². The summed E-state index contributed by atoms with van der Waals surface area (Å²) in [6.07, 6.45) is 0.187. The van der Waals surface area contributed by atoms with Crippen molar-refractivity contribution in [2.24, 2.45) is 5.92 Å². The molecule has 11 heteroatoms. The molecule has 0 bridgehead atoms. The van der Waals surface area contributed by atoms with Crippen molar-refractivity contribution in [1.82, 2.24) is 10.2 Å². The second-order valence-electron chi connectivity index (χ2n) is 11.1. The van der Waals surface area contributed by atoms with Crippen LogP contribution < -0.4 is 14.4 Å². The average molecular weight is 683 g/mol. The van der Waals surface area contributed by atoms with E-state index in [1.807, 2.05) is 44.2 Å². The van der Waals surface area contributed by atoms with Crippen LogP contribution in [0.1, 0.15) is 25.0 Å². The summed E-state index contributed by atoms with van der Waals surface area (Å²) in [5.74, 6) is -0.391. The highest BCUT2D eigenvalue weighted by atomic mass is 35.5. The van der Waals surface area contributed by atoms with Gasteiger partial charge in [-0.2, -0.15) is 0 Å². The normalized spacial score (nSPS) is 12.0. The van der Waals surface area contributed by atoms with Gasteiger partial charge in [0.2, 0.25) is 11.8 Å². The topological polar surface area (TPSA) is 96.0 Å². The van der Waals surface area contributed by atoms with Gasteiger partial charge in [0.25, 0.3) is 10.0 Å². The minimum atomic E-state index is -4.23. The number of nitrogens with zero attached hydrogens (tertiary/aromatic N) is 2. The molecule has 0 aliphatic rings. The highest BCUT2D eigenvalue weighted by Gasteiger charge is 2.35. The Balaban J connectivity index is 1.82. The lowest BCUT2D eigenvalue weighted by Crippen LogP contribution is -2.53. The molecule has 1 N–H and O–H groups in total. The molecular formula is C35H37Cl2N3O5S. The second-order valence-corrected chi connectivity index (χ2v) is 13.8. The number of rotatable bonds is 14. The molecule has 0 spiro atoms. The summed E-state index contributed by atoms with van der Waals surface area (Å²) in [4.78, 5) is 29.8. The summed E-state index contributed by atoms with van der Waals surface area (Å²) in [7, 11) is -2.76. The molecule has 0 fully saturated rings. The molecule has 46 heavy (non-hydrogen) atoms. The van der Waals surface area contributed by atoms with Gasteiger partial charge in [0.1, 0.15) is 18.3 Å². The fourth-order valence-corrected chi connectivity index (χ4v) is 6.72. The molecule has 0 unspecified atom stereocenters. The van der Waals surface area contributed by atoms with E-state index < -0.39 is 28.5 Å². The largest absolute Gasteiger partial charge is 0.497 e. The number of hydrogen-bond acceptors (Lipinski definition) is 5. The van der Waals surface area contributed by atoms with Crippen LogP contribution in [0, 0.1) is 5.92 Å². The maximum absolute atomic E-state index is 14.6. The van der Waals surface area contributed by atoms with E-state index >= 15 is 0 Å². The number of amides is 2. The molecule has 1 atom stereocenters. The van der Waals surface area contributed by atoms with Crippen molar-refractivity contribution >= 4 is 50.7 Å². The zero-order valence-corrected chi connectivity index (χ0v) is 28.2. The predicted octanol–water partition coefficient (Wildman–Crippen LogP) is 6.61. The second kappa shape index (κ2) is 16.0. The molecule has 242 valence electrons. The zero-order valence-electron chi connectivity index (χ0n) is 25.9. The van der Waals surface area contributed by atoms with Crippen LogP contribution in [0.5, 0.6) is 5.75 Å². The van der Waals surface area contributed by atoms with E-state index in [1.54, 1.807) is 60.7 Å². The van der Waals surface area contributed by atoms with E-state index in [0.717, 1.165) is 9.87 Å². The van der Waals surface area contributed by atoms with Gasteiger partial charge < -0.3 is 15.0 Å². The molecule has 4 aromatic carbocycles. The first-order valence-electron chi connectivity index (χ1n) is 14.8. The zero-order chi connectivity index (χ0) is 33.3.